The van der Waals surface area contributed by atoms with Gasteiger partial charge in [-0.3, -0.25) is 9.20 Å². The van der Waals surface area contributed by atoms with Gasteiger partial charge in [0.25, 0.3) is 0 Å². The molecule has 0 saturated carbocycles. The number of oxazole rings is 1. The fourth-order valence-electron chi connectivity index (χ4n) is 3.91. The Hall–Kier alpha value is -4.26. The van der Waals surface area contributed by atoms with E-state index in [0.717, 1.165) is 34.0 Å². The summed E-state index contributed by atoms with van der Waals surface area (Å²) in [6.45, 7) is 5.15. The average Bonchev–Trinajstić information content (AvgIpc) is 3.33. The zero-order chi connectivity index (χ0) is 23.7. The predicted molar refractivity (Wildman–Crippen MR) is 128 cm³/mol. The largest absolute Gasteiger partial charge is 0.445 e. The molecule has 7 heteroatoms. The van der Waals surface area contributed by atoms with Gasteiger partial charge >= 0.3 is 5.97 Å². The topological polar surface area (TPSA) is 82.5 Å². The Bertz CT molecular complexity index is 1450. The first kappa shape index (κ1) is 21.6. The van der Waals surface area contributed by atoms with Crippen molar-refractivity contribution in [3.8, 4) is 17.1 Å². The van der Waals surface area contributed by atoms with Gasteiger partial charge in [0.1, 0.15) is 11.5 Å². The van der Waals surface area contributed by atoms with Gasteiger partial charge in [-0.15, -0.1) is 0 Å². The Morgan fingerprint density at radius 2 is 1.62 bits per heavy atom. The van der Waals surface area contributed by atoms with E-state index in [0.29, 0.717) is 36.0 Å². The fourth-order valence-corrected chi connectivity index (χ4v) is 3.91. The van der Waals surface area contributed by atoms with Gasteiger partial charge in [0.05, 0.1) is 23.5 Å². The summed E-state index contributed by atoms with van der Waals surface area (Å²) >= 11 is 0. The summed E-state index contributed by atoms with van der Waals surface area (Å²) < 4.78 is 13.3. The molecular formula is C27H24N4O3. The number of hydrogen-bond acceptors (Lipinski definition) is 6. The molecule has 0 N–H and O–H groups in total. The van der Waals surface area contributed by atoms with E-state index in [1.807, 2.05) is 73.0 Å². The highest BCUT2D eigenvalue weighted by Crippen LogP contribution is 2.29. The number of rotatable bonds is 6. The molecule has 0 aliphatic heterocycles. The smallest absolute Gasteiger partial charge is 0.309 e. The maximum absolute atomic E-state index is 12.0. The van der Waals surface area contributed by atoms with Gasteiger partial charge in [-0.1, -0.05) is 60.7 Å². The first-order valence-corrected chi connectivity index (χ1v) is 11.1. The molecule has 3 heterocycles. The van der Waals surface area contributed by atoms with E-state index < -0.39 is 5.97 Å². The van der Waals surface area contributed by atoms with Crippen LogP contribution in [0.3, 0.4) is 0 Å². The number of nitrogens with zero attached hydrogens (tertiary/aromatic N) is 4. The third kappa shape index (κ3) is 4.32. The van der Waals surface area contributed by atoms with Crippen molar-refractivity contribution in [2.24, 2.45) is 0 Å². The quantitative estimate of drug-likeness (QED) is 0.333. The molecule has 0 aliphatic rings. The molecule has 0 atom stereocenters. The summed E-state index contributed by atoms with van der Waals surface area (Å²) in [5, 5.41) is 0. The summed E-state index contributed by atoms with van der Waals surface area (Å²) in [6.07, 6.45) is 2.74. The number of esters is 1. The van der Waals surface area contributed by atoms with Crippen LogP contribution in [0.2, 0.25) is 0 Å². The van der Waals surface area contributed by atoms with Crippen molar-refractivity contribution in [1.82, 2.24) is 19.4 Å². The number of ether oxygens (including phenoxy) is 1. The molecule has 0 amide bonds. The maximum atomic E-state index is 12.0. The highest BCUT2D eigenvalue weighted by molar-refractivity contribution is 5.70. The highest BCUT2D eigenvalue weighted by atomic mass is 16.5. The lowest BCUT2D eigenvalue weighted by Gasteiger charge is -2.10. The zero-order valence-electron chi connectivity index (χ0n) is 19.3. The van der Waals surface area contributed by atoms with Gasteiger partial charge < -0.3 is 9.15 Å². The molecule has 34 heavy (non-hydrogen) atoms. The third-order valence-corrected chi connectivity index (χ3v) is 5.62. The number of fused-ring (bicyclic) bond motifs is 1. The molecular weight excluding hydrogens is 428 g/mol. The second kappa shape index (κ2) is 8.94. The van der Waals surface area contributed by atoms with Gasteiger partial charge in [-0.05, 0) is 19.4 Å². The summed E-state index contributed by atoms with van der Waals surface area (Å²) in [5.41, 5.74) is 5.64. The maximum Gasteiger partial charge on any atom is 0.309 e. The number of benzene rings is 2. The molecule has 3 aromatic heterocycles. The lowest BCUT2D eigenvalue weighted by Crippen LogP contribution is -2.07. The van der Waals surface area contributed by atoms with Crippen molar-refractivity contribution in [2.45, 2.75) is 33.6 Å². The van der Waals surface area contributed by atoms with E-state index in [4.69, 9.17) is 19.1 Å². The van der Waals surface area contributed by atoms with Crippen LogP contribution in [0.1, 0.15) is 41.2 Å². The third-order valence-electron chi connectivity index (χ3n) is 5.62. The zero-order valence-corrected chi connectivity index (χ0v) is 19.3. The summed E-state index contributed by atoms with van der Waals surface area (Å²) in [4.78, 5) is 26.3. The number of aryl methyl sites for hydroxylation is 2. The van der Waals surface area contributed by atoms with Gasteiger partial charge in [-0.25, -0.2) is 15.0 Å². The van der Waals surface area contributed by atoms with Gasteiger partial charge in [0, 0.05) is 25.1 Å². The molecule has 5 aromatic rings. The van der Waals surface area contributed by atoms with Crippen LogP contribution in [0.5, 0.6) is 5.88 Å². The molecule has 5 rings (SSSR count). The van der Waals surface area contributed by atoms with Crippen molar-refractivity contribution in [3.63, 3.8) is 0 Å². The Kier molecular flexibility index (Phi) is 5.67. The SMILES string of the molecule is CC(=O)Oc1c(Cc2nc(C)c(C)o2)nc2c(Cc3ccccc3)nc(-c3ccccc3)cn12. The second-order valence-corrected chi connectivity index (χ2v) is 8.18. The van der Waals surface area contributed by atoms with Crippen LogP contribution in [0.4, 0.5) is 0 Å². The molecule has 0 spiro atoms. The lowest BCUT2D eigenvalue weighted by atomic mass is 10.1. The molecule has 170 valence electrons. The van der Waals surface area contributed by atoms with E-state index in [2.05, 4.69) is 17.1 Å². The summed E-state index contributed by atoms with van der Waals surface area (Å²) in [5.74, 6) is 1.20. The Labute approximate surface area is 197 Å². The van der Waals surface area contributed by atoms with Crippen LogP contribution >= 0.6 is 0 Å². The first-order chi connectivity index (χ1) is 16.5. The average molecular weight is 453 g/mol. The molecule has 0 saturated heterocycles. The van der Waals surface area contributed by atoms with Crippen LogP contribution in [0.25, 0.3) is 16.9 Å². The summed E-state index contributed by atoms with van der Waals surface area (Å²) in [7, 11) is 0. The van der Waals surface area contributed by atoms with E-state index in [-0.39, 0.29) is 0 Å². The standard InChI is InChI=1S/C27H24N4O3/c1-17-18(2)33-25(28-17)15-23-27(34-19(3)32)31-16-24(21-12-8-5-9-13-21)29-22(26(31)30-23)14-20-10-6-4-7-11-20/h4-13,16H,14-15H2,1-3H3. The molecule has 0 fully saturated rings. The number of carbonyl (C=O) groups excluding carboxylic acids is 1. The predicted octanol–water partition coefficient (Wildman–Crippen LogP) is 5.11. The molecule has 7 nitrogen and oxygen atoms in total. The van der Waals surface area contributed by atoms with Crippen LogP contribution in [-0.4, -0.2) is 25.3 Å². The summed E-state index contributed by atoms with van der Waals surface area (Å²) in [6, 6.07) is 20.0. The van der Waals surface area contributed by atoms with Crippen LogP contribution in [-0.2, 0) is 17.6 Å². The van der Waals surface area contributed by atoms with Crippen molar-refractivity contribution in [3.05, 3.63) is 101 Å². The van der Waals surface area contributed by atoms with Gasteiger partial charge in [-0.2, -0.15) is 0 Å². The minimum absolute atomic E-state index is 0.296. The van der Waals surface area contributed by atoms with Crippen molar-refractivity contribution < 1.29 is 13.9 Å². The minimum Gasteiger partial charge on any atom is -0.445 e. The second-order valence-electron chi connectivity index (χ2n) is 8.18. The molecule has 0 bridgehead atoms. The van der Waals surface area contributed by atoms with Gasteiger partial charge in [0.2, 0.25) is 11.8 Å². The lowest BCUT2D eigenvalue weighted by molar-refractivity contribution is -0.132. The van der Waals surface area contributed by atoms with E-state index in [1.54, 1.807) is 0 Å². The number of imidazole rings is 1. The molecule has 0 radical (unpaired) electrons. The number of carbonyl (C=O) groups is 1. The number of hydrogen-bond donors (Lipinski definition) is 0. The Morgan fingerprint density at radius 3 is 2.26 bits per heavy atom. The Morgan fingerprint density at radius 1 is 0.912 bits per heavy atom. The van der Waals surface area contributed by atoms with Gasteiger partial charge in [0.15, 0.2) is 5.65 Å². The van der Waals surface area contributed by atoms with E-state index in [1.165, 1.54) is 6.92 Å². The minimum atomic E-state index is -0.425. The fraction of sp³-hybridized carbons (Fsp3) is 0.185. The van der Waals surface area contributed by atoms with Crippen LogP contribution in [0, 0.1) is 13.8 Å². The number of aromatic nitrogens is 4. The van der Waals surface area contributed by atoms with Crippen molar-refractivity contribution in [2.75, 3.05) is 0 Å². The van der Waals surface area contributed by atoms with Crippen molar-refractivity contribution in [1.29, 1.82) is 0 Å². The first-order valence-electron chi connectivity index (χ1n) is 11.1. The Balaban J connectivity index is 1.71. The van der Waals surface area contributed by atoms with E-state index in [9.17, 15) is 4.79 Å². The molecule has 0 unspecified atom stereocenters. The monoisotopic (exact) mass is 452 g/mol. The molecule has 0 aliphatic carbocycles. The normalized spacial score (nSPS) is 11.1. The van der Waals surface area contributed by atoms with Crippen LogP contribution in [0.15, 0.2) is 71.3 Å². The molecule has 2 aromatic carbocycles. The van der Waals surface area contributed by atoms with Crippen LogP contribution < -0.4 is 4.74 Å². The van der Waals surface area contributed by atoms with Crippen molar-refractivity contribution >= 4 is 11.6 Å². The van der Waals surface area contributed by atoms with E-state index >= 15 is 0 Å². The highest BCUT2D eigenvalue weighted by Gasteiger charge is 2.22.